The lowest BCUT2D eigenvalue weighted by Gasteiger charge is -2.00. The molecule has 0 saturated carbocycles. The van der Waals surface area contributed by atoms with Gasteiger partial charge in [-0.3, -0.25) is 0 Å². The van der Waals surface area contributed by atoms with Crippen LogP contribution in [-0.4, -0.2) is 10.2 Å². The van der Waals surface area contributed by atoms with Crippen LogP contribution in [0.25, 0.3) is 0 Å². The Morgan fingerprint density at radius 3 is 2.85 bits per heavy atom. The molecule has 1 N–H and O–H groups in total. The Hall–Kier alpha value is -0.380. The van der Waals surface area contributed by atoms with Gasteiger partial charge >= 0.3 is 0 Å². The van der Waals surface area contributed by atoms with Crippen molar-refractivity contribution in [2.75, 3.05) is 0 Å². The summed E-state index contributed by atoms with van der Waals surface area (Å²) in [6.45, 7) is 1.62. The van der Waals surface area contributed by atoms with Crippen molar-refractivity contribution < 1.29 is 9.50 Å². The normalized spacial score (nSPS) is 12.5. The third-order valence-corrected chi connectivity index (χ3v) is 2.80. The minimum atomic E-state index is -0.338. The van der Waals surface area contributed by atoms with Crippen LogP contribution in [0.1, 0.15) is 12.5 Å². The number of thiol groups is 1. The third-order valence-electron chi connectivity index (χ3n) is 1.49. The number of halogens is 2. The summed E-state index contributed by atoms with van der Waals surface area (Å²) >= 11 is 6.57. The van der Waals surface area contributed by atoms with Crippen molar-refractivity contribution in [2.24, 2.45) is 0 Å². The lowest BCUT2D eigenvalue weighted by atomic mass is 10.2. The topological polar surface area (TPSA) is 20.2 Å². The molecule has 0 bridgehead atoms. The quantitative estimate of drug-likeness (QED) is 0.580. The third kappa shape index (κ3) is 3.46. The Morgan fingerprint density at radius 1 is 1.62 bits per heavy atom. The lowest BCUT2D eigenvalue weighted by Crippen LogP contribution is -1.86. The van der Waals surface area contributed by atoms with Gasteiger partial charge in [0.25, 0.3) is 0 Å². The van der Waals surface area contributed by atoms with Crippen molar-refractivity contribution in [3.8, 4) is 0 Å². The number of rotatable bonds is 2. The fourth-order valence-corrected chi connectivity index (χ4v) is 1.85. The molecule has 0 aliphatic rings. The van der Waals surface area contributed by atoms with Crippen LogP contribution in [0.3, 0.4) is 0 Å². The molecule has 0 heterocycles. The molecule has 0 aliphatic heterocycles. The van der Waals surface area contributed by atoms with Crippen LogP contribution >= 0.6 is 23.0 Å². The van der Waals surface area contributed by atoms with Crippen LogP contribution in [0.4, 0.5) is 4.39 Å². The second-order valence-corrected chi connectivity index (χ2v) is 4.29. The van der Waals surface area contributed by atoms with Gasteiger partial charge in [0.1, 0.15) is 5.82 Å². The Morgan fingerprint density at radius 2 is 2.31 bits per heavy atom. The van der Waals surface area contributed by atoms with Gasteiger partial charge in [-0.15, -0.1) is 0 Å². The van der Waals surface area contributed by atoms with Crippen molar-refractivity contribution >= 4 is 28.0 Å². The number of hydrogen-bond acceptors (Lipinski definition) is 0. The molecular formula is C9H10ClFOS. The molecule has 0 saturated heterocycles. The summed E-state index contributed by atoms with van der Waals surface area (Å²) in [5.74, 6) is 0.275. The smallest absolute Gasteiger partial charge is 0.124 e. The fourth-order valence-electron chi connectivity index (χ4n) is 0.849. The Kier molecular flexibility index (Phi) is 3.90. The predicted molar refractivity (Wildman–Crippen MR) is 57.4 cm³/mol. The second kappa shape index (κ2) is 4.74. The summed E-state index contributed by atoms with van der Waals surface area (Å²) in [4.78, 5) is 0. The molecule has 0 atom stereocenters. The molecule has 0 radical (unpaired) electrons. The Balaban J connectivity index is 2.84. The van der Waals surface area contributed by atoms with Crippen molar-refractivity contribution in [3.05, 3.63) is 34.6 Å². The van der Waals surface area contributed by atoms with Gasteiger partial charge in [0.2, 0.25) is 0 Å². The summed E-state index contributed by atoms with van der Waals surface area (Å²) in [5.41, 5.74) is 0.845. The van der Waals surface area contributed by atoms with E-state index in [1.807, 2.05) is 0 Å². The first-order valence-corrected chi connectivity index (χ1v) is 5.19. The zero-order valence-electron chi connectivity index (χ0n) is 7.09. The first-order chi connectivity index (χ1) is 6.09. The molecule has 0 fully saturated rings. The first-order valence-electron chi connectivity index (χ1n) is 3.73. The summed E-state index contributed by atoms with van der Waals surface area (Å²) < 4.78 is 12.6. The van der Waals surface area contributed by atoms with E-state index in [2.05, 4.69) is 0 Å². The molecule has 0 aliphatic carbocycles. The van der Waals surface area contributed by atoms with Gasteiger partial charge in [-0.05, 0) is 24.6 Å². The maximum atomic E-state index is 12.6. The SMILES string of the molecule is CC(O)=[SH]Cc1ccc(F)cc1Cl. The van der Waals surface area contributed by atoms with E-state index in [4.69, 9.17) is 16.7 Å². The maximum Gasteiger partial charge on any atom is 0.124 e. The van der Waals surface area contributed by atoms with E-state index in [0.717, 1.165) is 16.9 Å². The highest BCUT2D eigenvalue weighted by atomic mass is 35.5. The van der Waals surface area contributed by atoms with E-state index in [9.17, 15) is 4.39 Å². The van der Waals surface area contributed by atoms with Gasteiger partial charge in [-0.25, -0.2) is 4.39 Å². The summed E-state index contributed by atoms with van der Waals surface area (Å²) in [6, 6.07) is 4.27. The molecule has 4 heteroatoms. The van der Waals surface area contributed by atoms with Crippen molar-refractivity contribution in [1.29, 1.82) is 0 Å². The van der Waals surface area contributed by atoms with E-state index in [1.165, 1.54) is 12.1 Å². The van der Waals surface area contributed by atoms with Gasteiger partial charge in [-0.1, -0.05) is 17.7 Å². The molecule has 0 amide bonds. The number of benzene rings is 1. The van der Waals surface area contributed by atoms with Crippen LogP contribution in [-0.2, 0) is 5.75 Å². The van der Waals surface area contributed by atoms with E-state index in [0.29, 0.717) is 15.8 Å². The molecular weight excluding hydrogens is 211 g/mol. The molecule has 1 nitrogen and oxygen atoms in total. The summed E-state index contributed by atoms with van der Waals surface area (Å²) in [7, 11) is 0. The second-order valence-electron chi connectivity index (χ2n) is 2.60. The molecule has 0 unspecified atom stereocenters. The van der Waals surface area contributed by atoms with E-state index in [1.54, 1.807) is 13.0 Å². The number of aliphatic hydroxyl groups is 1. The largest absolute Gasteiger partial charge is 0.360 e. The van der Waals surface area contributed by atoms with Gasteiger partial charge in [0, 0.05) is 10.8 Å². The van der Waals surface area contributed by atoms with E-state index in [-0.39, 0.29) is 5.82 Å². The molecule has 1 rings (SSSR count). The van der Waals surface area contributed by atoms with Crippen molar-refractivity contribution in [2.45, 2.75) is 12.7 Å². The van der Waals surface area contributed by atoms with Gasteiger partial charge in [-0.2, -0.15) is 11.4 Å². The van der Waals surface area contributed by atoms with E-state index < -0.39 is 0 Å². The Labute approximate surface area is 85.1 Å². The fraction of sp³-hybridized carbons (Fsp3) is 0.222. The summed E-state index contributed by atoms with van der Waals surface area (Å²) in [5, 5.41) is 9.69. The molecule has 1 aromatic carbocycles. The van der Waals surface area contributed by atoms with Crippen molar-refractivity contribution in [1.82, 2.24) is 0 Å². The Bertz CT molecular complexity index is 334. The minimum absolute atomic E-state index is 0.334. The average molecular weight is 221 g/mol. The monoisotopic (exact) mass is 220 g/mol. The van der Waals surface area contributed by atoms with Gasteiger partial charge < -0.3 is 5.11 Å². The zero-order valence-corrected chi connectivity index (χ0v) is 8.74. The van der Waals surface area contributed by atoms with E-state index >= 15 is 0 Å². The highest BCUT2D eigenvalue weighted by Gasteiger charge is 1.99. The van der Waals surface area contributed by atoms with Crippen LogP contribution in [0.5, 0.6) is 0 Å². The average Bonchev–Trinajstić information content (AvgIpc) is 2.02. The van der Waals surface area contributed by atoms with Crippen LogP contribution in [0.15, 0.2) is 18.2 Å². The molecule has 0 aromatic heterocycles. The van der Waals surface area contributed by atoms with Gasteiger partial charge in [0.15, 0.2) is 0 Å². The first kappa shape index (κ1) is 10.7. The summed E-state index contributed by atoms with van der Waals surface area (Å²) in [6.07, 6.45) is 0. The maximum absolute atomic E-state index is 12.6. The predicted octanol–water partition coefficient (Wildman–Crippen LogP) is 3.15. The van der Waals surface area contributed by atoms with Gasteiger partial charge in [0.05, 0.1) is 5.05 Å². The lowest BCUT2D eigenvalue weighted by molar-refractivity contribution is 0.564. The zero-order chi connectivity index (χ0) is 9.84. The van der Waals surface area contributed by atoms with Crippen LogP contribution in [0, 0.1) is 5.82 Å². The van der Waals surface area contributed by atoms with Crippen molar-refractivity contribution in [3.63, 3.8) is 0 Å². The highest BCUT2D eigenvalue weighted by Crippen LogP contribution is 2.19. The standard InChI is InChI=1S/C9H10ClFOS/c1-6(12)13-5-7-2-3-8(11)4-9(7)10/h2-4,12-13H,5H2,1H3. The number of hydrogen-bond donors (Lipinski definition) is 2. The number of aliphatic hydroxyl groups excluding tert-OH is 1. The molecule has 72 valence electrons. The van der Waals surface area contributed by atoms with Crippen LogP contribution < -0.4 is 0 Å². The molecule has 0 spiro atoms. The minimum Gasteiger partial charge on any atom is -0.360 e. The molecule has 13 heavy (non-hydrogen) atoms. The highest BCUT2D eigenvalue weighted by molar-refractivity contribution is 7.97. The molecule has 1 aromatic rings. The van der Waals surface area contributed by atoms with Crippen LogP contribution in [0.2, 0.25) is 5.02 Å².